The Morgan fingerprint density at radius 2 is 0.983 bits per heavy atom. The van der Waals surface area contributed by atoms with E-state index >= 15 is 0 Å². The van der Waals surface area contributed by atoms with Crippen molar-refractivity contribution >= 4 is 41.3 Å². The molecule has 1 aromatic rings. The minimum atomic E-state index is -0.585. The van der Waals surface area contributed by atoms with E-state index in [0.29, 0.717) is 35.6 Å². The molecular weight excluding hydrogens is 747 g/mol. The molecule has 0 fully saturated rings. The Kier molecular flexibility index (Phi) is 33.5. The number of carbonyl (C=O) groups is 4. The molecule has 1 amide bonds. The van der Waals surface area contributed by atoms with Gasteiger partial charge in [-0.2, -0.15) is 11.8 Å². The molecule has 0 saturated heterocycles. The molecule has 0 spiro atoms. The van der Waals surface area contributed by atoms with Gasteiger partial charge < -0.3 is 19.5 Å². The molecule has 0 radical (unpaired) electrons. The van der Waals surface area contributed by atoms with Crippen LogP contribution in [0.1, 0.15) is 231 Å². The lowest BCUT2D eigenvalue weighted by Gasteiger charge is -2.19. The van der Waals surface area contributed by atoms with Gasteiger partial charge in [0.05, 0.1) is 5.56 Å². The maximum absolute atomic E-state index is 12.8. The molecule has 0 heterocycles. The topological polar surface area (TPSA) is 108 Å². The molecule has 0 aliphatic rings. The van der Waals surface area contributed by atoms with Crippen molar-refractivity contribution in [3.8, 4) is 0 Å². The molecule has 0 aliphatic carbocycles. The van der Waals surface area contributed by atoms with Gasteiger partial charge in [-0.15, -0.1) is 0 Å². The Labute approximate surface area is 359 Å². The molecule has 0 aromatic heterocycles. The van der Waals surface area contributed by atoms with Gasteiger partial charge in [0, 0.05) is 36.5 Å². The van der Waals surface area contributed by atoms with Crippen molar-refractivity contribution in [2.24, 2.45) is 0 Å². The zero-order valence-electron chi connectivity index (χ0n) is 37.8. The number of unbranched alkanes of at least 4 members (excludes halogenated alkanes) is 24. The van der Waals surface area contributed by atoms with Crippen LogP contribution in [0.25, 0.3) is 0 Å². The zero-order chi connectivity index (χ0) is 42.5. The second-order valence-corrected chi connectivity index (χ2v) is 18.4. The third-order valence-electron chi connectivity index (χ3n) is 10.3. The van der Waals surface area contributed by atoms with E-state index in [1.807, 2.05) is 20.8 Å². The van der Waals surface area contributed by atoms with Crippen molar-refractivity contribution in [3.63, 3.8) is 0 Å². The highest BCUT2D eigenvalue weighted by molar-refractivity contribution is 7.99. The Morgan fingerprint density at radius 1 is 0.569 bits per heavy atom. The first-order valence-electron chi connectivity index (χ1n) is 23.6. The van der Waals surface area contributed by atoms with E-state index in [-0.39, 0.29) is 30.9 Å². The lowest BCUT2D eigenvalue weighted by atomic mass is 10.0. The van der Waals surface area contributed by atoms with Gasteiger partial charge in [0.25, 0.3) is 0 Å². The van der Waals surface area contributed by atoms with Gasteiger partial charge in [-0.3, -0.25) is 14.4 Å². The van der Waals surface area contributed by atoms with Gasteiger partial charge in [0.1, 0.15) is 18.3 Å². The summed E-state index contributed by atoms with van der Waals surface area (Å²) in [6.45, 7) is 10.0. The van der Waals surface area contributed by atoms with Gasteiger partial charge in [-0.1, -0.05) is 168 Å². The average Bonchev–Trinajstić information content (AvgIpc) is 3.18. The molecular formula is C49H85NO7S. The predicted octanol–water partition coefficient (Wildman–Crippen LogP) is 14.1. The second-order valence-electron chi connectivity index (χ2n) is 17.2. The van der Waals surface area contributed by atoms with Crippen LogP contribution in [0.5, 0.6) is 0 Å². The molecule has 8 nitrogen and oxygen atoms in total. The molecule has 0 aliphatic heterocycles. The smallest absolute Gasteiger partial charge is 0.338 e. The van der Waals surface area contributed by atoms with Crippen molar-refractivity contribution in [2.45, 2.75) is 233 Å². The highest BCUT2D eigenvalue weighted by Crippen LogP contribution is 2.18. The van der Waals surface area contributed by atoms with E-state index < -0.39 is 17.7 Å². The number of esters is 3. The summed E-state index contributed by atoms with van der Waals surface area (Å²) in [5.74, 6) is -0.114. The van der Waals surface area contributed by atoms with Crippen molar-refractivity contribution in [1.29, 1.82) is 0 Å². The Morgan fingerprint density at radius 3 is 1.41 bits per heavy atom. The normalized spacial score (nSPS) is 11.9. The predicted molar refractivity (Wildman–Crippen MR) is 244 cm³/mol. The highest BCUT2D eigenvalue weighted by Gasteiger charge is 2.19. The molecule has 1 rings (SSSR count). The summed E-state index contributed by atoms with van der Waals surface area (Å²) in [6, 6.07) is 6.64. The quantitative estimate of drug-likeness (QED) is 0.0399. The Balaban J connectivity index is 2.40. The van der Waals surface area contributed by atoms with Crippen LogP contribution in [0.15, 0.2) is 24.3 Å². The summed E-state index contributed by atoms with van der Waals surface area (Å²) < 4.78 is 16.8. The van der Waals surface area contributed by atoms with Crippen LogP contribution in [0.3, 0.4) is 0 Å². The molecule has 0 bridgehead atoms. The third-order valence-corrected chi connectivity index (χ3v) is 11.4. The number of nitrogens with one attached hydrogen (secondary N) is 1. The van der Waals surface area contributed by atoms with Crippen LogP contribution in [0.4, 0.5) is 5.69 Å². The van der Waals surface area contributed by atoms with E-state index in [2.05, 4.69) is 19.2 Å². The van der Waals surface area contributed by atoms with Gasteiger partial charge in [0.2, 0.25) is 5.91 Å². The fourth-order valence-electron chi connectivity index (χ4n) is 6.82. The third kappa shape index (κ3) is 33.3. The number of rotatable bonds is 38. The molecule has 58 heavy (non-hydrogen) atoms. The largest absolute Gasteiger partial charge is 0.462 e. The van der Waals surface area contributed by atoms with E-state index in [4.69, 9.17) is 14.2 Å². The number of carbonyl (C=O) groups excluding carboxylic acids is 4. The summed E-state index contributed by atoms with van der Waals surface area (Å²) in [6.07, 6.45) is 32.9. The van der Waals surface area contributed by atoms with Gasteiger partial charge >= 0.3 is 17.9 Å². The summed E-state index contributed by atoms with van der Waals surface area (Å²) >= 11 is 1.50. The van der Waals surface area contributed by atoms with Crippen LogP contribution in [-0.4, -0.2) is 53.6 Å². The van der Waals surface area contributed by atoms with Crippen molar-refractivity contribution < 1.29 is 33.4 Å². The maximum Gasteiger partial charge on any atom is 0.338 e. The molecule has 0 saturated carbocycles. The molecule has 334 valence electrons. The molecule has 1 N–H and O–H groups in total. The maximum atomic E-state index is 12.8. The fraction of sp³-hybridized carbons (Fsp3) is 0.796. The minimum Gasteiger partial charge on any atom is -0.462 e. The van der Waals surface area contributed by atoms with Crippen LogP contribution in [0.2, 0.25) is 0 Å². The lowest BCUT2D eigenvalue weighted by Crippen LogP contribution is -2.28. The molecule has 1 aromatic carbocycles. The van der Waals surface area contributed by atoms with Crippen LogP contribution in [0, 0.1) is 0 Å². The number of hydrogen-bond donors (Lipinski definition) is 1. The minimum absolute atomic E-state index is 0.0326. The SMILES string of the molecule is CCCCCCCCCCCCCCCC(=O)OCC(CSCCC(=O)Nc1ccc(C(=O)OC(C)(C)C)cc1)OC(=O)CCCCCCCCCCCCCCC. The molecule has 1 atom stereocenters. The van der Waals surface area contributed by atoms with Crippen LogP contribution in [-0.2, 0) is 28.6 Å². The van der Waals surface area contributed by atoms with Crippen LogP contribution < -0.4 is 5.32 Å². The summed E-state index contributed by atoms with van der Waals surface area (Å²) in [4.78, 5) is 50.4. The molecule has 9 heteroatoms. The summed E-state index contributed by atoms with van der Waals surface area (Å²) in [5, 5.41) is 2.87. The number of hydrogen-bond acceptors (Lipinski definition) is 8. The van der Waals surface area contributed by atoms with Gasteiger partial charge in [0.15, 0.2) is 0 Å². The summed E-state index contributed by atoms with van der Waals surface area (Å²) in [7, 11) is 0. The summed E-state index contributed by atoms with van der Waals surface area (Å²) in [5.41, 5.74) is 0.430. The van der Waals surface area contributed by atoms with E-state index in [9.17, 15) is 19.2 Å². The van der Waals surface area contributed by atoms with Gasteiger partial charge in [-0.25, -0.2) is 4.79 Å². The average molecular weight is 832 g/mol. The number of thioether (sulfide) groups is 1. The molecule has 1 unspecified atom stereocenters. The van der Waals surface area contributed by atoms with E-state index in [0.717, 1.165) is 38.5 Å². The Bertz CT molecular complexity index is 1180. The van der Waals surface area contributed by atoms with Crippen LogP contribution >= 0.6 is 11.8 Å². The van der Waals surface area contributed by atoms with Crippen molar-refractivity contribution in [1.82, 2.24) is 0 Å². The monoisotopic (exact) mass is 832 g/mol. The Hall–Kier alpha value is -2.55. The number of ether oxygens (including phenoxy) is 3. The van der Waals surface area contributed by atoms with E-state index in [1.165, 1.54) is 140 Å². The fourth-order valence-corrected chi connectivity index (χ4v) is 7.75. The standard InChI is InChI=1S/C49H85NO7S/c1-6-8-10-12-14-16-18-20-22-24-26-28-30-32-46(52)55-40-44(56-47(53)33-31-29-27-25-23-21-19-17-15-13-11-9-7-2)41-58-39-38-45(51)50-43-36-34-42(35-37-43)48(54)57-49(3,4)5/h34-37,44H,6-33,38-41H2,1-5H3,(H,50,51). The van der Waals surface area contributed by atoms with E-state index in [1.54, 1.807) is 24.3 Å². The first-order chi connectivity index (χ1) is 28.0. The van der Waals surface area contributed by atoms with Crippen molar-refractivity contribution in [3.05, 3.63) is 29.8 Å². The highest BCUT2D eigenvalue weighted by atomic mass is 32.2. The van der Waals surface area contributed by atoms with Crippen molar-refractivity contribution in [2.75, 3.05) is 23.4 Å². The number of anilines is 1. The van der Waals surface area contributed by atoms with Gasteiger partial charge in [-0.05, 0) is 57.9 Å². The first kappa shape index (κ1) is 53.5. The lowest BCUT2D eigenvalue weighted by molar-refractivity contribution is -0.157. The second kappa shape index (κ2) is 36.3. The first-order valence-corrected chi connectivity index (χ1v) is 24.8. The zero-order valence-corrected chi connectivity index (χ0v) is 38.6. The number of benzene rings is 1. The number of amides is 1.